The Kier molecular flexibility index (Phi) is 9.02. The summed E-state index contributed by atoms with van der Waals surface area (Å²) in [5.41, 5.74) is -0.393. The van der Waals surface area contributed by atoms with E-state index in [4.69, 9.17) is 14.2 Å². The van der Waals surface area contributed by atoms with E-state index in [0.29, 0.717) is 19.6 Å². The number of hydrogen-bond acceptors (Lipinski definition) is 4. The van der Waals surface area contributed by atoms with Crippen LogP contribution in [0.3, 0.4) is 0 Å². The lowest BCUT2D eigenvalue weighted by Gasteiger charge is -2.20. The Labute approximate surface area is 111 Å². The normalized spacial score (nSPS) is 11.9. The summed E-state index contributed by atoms with van der Waals surface area (Å²) < 4.78 is 16.1. The summed E-state index contributed by atoms with van der Waals surface area (Å²) in [6.07, 6.45) is 2.86. The van der Waals surface area contributed by atoms with Crippen LogP contribution in [0.2, 0.25) is 0 Å². The lowest BCUT2D eigenvalue weighted by molar-refractivity contribution is -0.155. The van der Waals surface area contributed by atoms with Gasteiger partial charge in [-0.1, -0.05) is 0 Å². The van der Waals surface area contributed by atoms with Crippen LogP contribution in [0.1, 0.15) is 60.3 Å². The van der Waals surface area contributed by atoms with Crippen LogP contribution in [-0.4, -0.2) is 31.1 Å². The highest BCUT2D eigenvalue weighted by Gasteiger charge is 2.16. The number of carbonyl (C=O) groups excluding carboxylic acids is 1. The molecule has 0 N–H and O–H groups in total. The summed E-state index contributed by atoms with van der Waals surface area (Å²) in [4.78, 5) is 11.5. The lowest BCUT2D eigenvalue weighted by atomic mass is 10.1. The van der Waals surface area contributed by atoms with Crippen LogP contribution >= 0.6 is 0 Å². The van der Waals surface area contributed by atoms with Crippen molar-refractivity contribution < 1.29 is 19.0 Å². The van der Waals surface area contributed by atoms with Gasteiger partial charge in [0.25, 0.3) is 0 Å². The quantitative estimate of drug-likeness (QED) is 0.362. The molecule has 0 aliphatic heterocycles. The highest BCUT2D eigenvalue weighted by atomic mass is 16.7. The van der Waals surface area contributed by atoms with Crippen molar-refractivity contribution in [1.29, 1.82) is 0 Å². The molecule has 0 amide bonds. The van der Waals surface area contributed by atoms with E-state index in [2.05, 4.69) is 0 Å². The summed E-state index contributed by atoms with van der Waals surface area (Å²) in [5.74, 6) is -0.133. The zero-order chi connectivity index (χ0) is 14.0. The van der Waals surface area contributed by atoms with Gasteiger partial charge in [0.2, 0.25) is 0 Å². The zero-order valence-electron chi connectivity index (χ0n) is 12.5. The maximum absolute atomic E-state index is 11.5. The summed E-state index contributed by atoms with van der Waals surface area (Å²) >= 11 is 0. The molecule has 108 valence electrons. The second-order valence-corrected chi connectivity index (χ2v) is 5.17. The summed E-state index contributed by atoms with van der Waals surface area (Å²) in [5, 5.41) is 0. The van der Waals surface area contributed by atoms with Crippen LogP contribution in [0.25, 0.3) is 0 Å². The van der Waals surface area contributed by atoms with E-state index in [1.54, 1.807) is 0 Å². The smallest absolute Gasteiger partial charge is 0.306 e. The molecule has 0 aliphatic rings. The van der Waals surface area contributed by atoms with Gasteiger partial charge in [0.15, 0.2) is 6.29 Å². The van der Waals surface area contributed by atoms with Crippen molar-refractivity contribution >= 4 is 5.97 Å². The Morgan fingerprint density at radius 3 is 2.06 bits per heavy atom. The molecule has 0 heterocycles. The summed E-state index contributed by atoms with van der Waals surface area (Å²) in [7, 11) is 0. The number of ether oxygens (including phenoxy) is 3. The molecule has 0 aromatic carbocycles. The van der Waals surface area contributed by atoms with Crippen molar-refractivity contribution in [3.63, 3.8) is 0 Å². The van der Waals surface area contributed by atoms with E-state index in [1.807, 2.05) is 34.6 Å². The van der Waals surface area contributed by atoms with Crippen LogP contribution in [0, 0.1) is 0 Å². The zero-order valence-corrected chi connectivity index (χ0v) is 12.5. The standard InChI is InChI=1S/C14H28O4/c1-6-16-13(17-7-2)11-9-8-10-12(15)18-14(3,4)5/h13H,6-11H2,1-5H3. The van der Waals surface area contributed by atoms with Gasteiger partial charge in [0, 0.05) is 19.6 Å². The molecule has 0 saturated carbocycles. The largest absolute Gasteiger partial charge is 0.460 e. The molecule has 0 aromatic heterocycles. The van der Waals surface area contributed by atoms with Gasteiger partial charge in [-0.05, 0) is 53.9 Å². The molecule has 0 saturated heterocycles. The second kappa shape index (κ2) is 9.34. The van der Waals surface area contributed by atoms with Crippen LogP contribution in [0.5, 0.6) is 0 Å². The minimum atomic E-state index is -0.393. The monoisotopic (exact) mass is 260 g/mol. The molecule has 18 heavy (non-hydrogen) atoms. The van der Waals surface area contributed by atoms with E-state index in [9.17, 15) is 4.79 Å². The van der Waals surface area contributed by atoms with Gasteiger partial charge in [-0.15, -0.1) is 0 Å². The number of rotatable bonds is 9. The Hall–Kier alpha value is -0.610. The number of carbonyl (C=O) groups is 1. The van der Waals surface area contributed by atoms with E-state index in [1.165, 1.54) is 0 Å². The van der Waals surface area contributed by atoms with E-state index in [0.717, 1.165) is 19.3 Å². The van der Waals surface area contributed by atoms with E-state index >= 15 is 0 Å². The molecular formula is C14H28O4. The second-order valence-electron chi connectivity index (χ2n) is 5.17. The first-order chi connectivity index (χ1) is 8.39. The van der Waals surface area contributed by atoms with Gasteiger partial charge in [0.1, 0.15) is 5.60 Å². The topological polar surface area (TPSA) is 44.8 Å². The molecule has 0 aromatic rings. The van der Waals surface area contributed by atoms with Gasteiger partial charge < -0.3 is 14.2 Å². The van der Waals surface area contributed by atoms with Crippen molar-refractivity contribution in [2.24, 2.45) is 0 Å². The Balaban J connectivity index is 3.67. The first kappa shape index (κ1) is 17.4. The van der Waals surface area contributed by atoms with Crippen molar-refractivity contribution in [2.45, 2.75) is 72.2 Å². The van der Waals surface area contributed by atoms with Crippen molar-refractivity contribution in [2.75, 3.05) is 13.2 Å². The Bertz CT molecular complexity index is 214. The van der Waals surface area contributed by atoms with Gasteiger partial charge in [-0.2, -0.15) is 0 Å². The molecule has 4 heteroatoms. The predicted octanol–water partition coefficient (Wildman–Crippen LogP) is 3.29. The van der Waals surface area contributed by atoms with Crippen LogP contribution < -0.4 is 0 Å². The highest BCUT2D eigenvalue weighted by molar-refractivity contribution is 5.69. The molecule has 0 rings (SSSR count). The summed E-state index contributed by atoms with van der Waals surface area (Å²) in [6, 6.07) is 0. The minimum absolute atomic E-state index is 0.133. The fraction of sp³-hybridized carbons (Fsp3) is 0.929. The molecule has 0 bridgehead atoms. The van der Waals surface area contributed by atoms with Gasteiger partial charge in [-0.25, -0.2) is 0 Å². The molecule has 0 fully saturated rings. The minimum Gasteiger partial charge on any atom is -0.460 e. The van der Waals surface area contributed by atoms with Crippen LogP contribution in [0.4, 0.5) is 0 Å². The lowest BCUT2D eigenvalue weighted by Crippen LogP contribution is -2.23. The molecule has 0 atom stereocenters. The molecule has 0 radical (unpaired) electrons. The van der Waals surface area contributed by atoms with Crippen molar-refractivity contribution in [3.05, 3.63) is 0 Å². The maximum atomic E-state index is 11.5. The van der Waals surface area contributed by atoms with Crippen LogP contribution in [-0.2, 0) is 19.0 Å². The predicted molar refractivity (Wildman–Crippen MR) is 71.4 cm³/mol. The average molecular weight is 260 g/mol. The van der Waals surface area contributed by atoms with E-state index in [-0.39, 0.29) is 12.3 Å². The number of hydrogen-bond donors (Lipinski definition) is 0. The third-order valence-electron chi connectivity index (χ3n) is 2.20. The third-order valence-corrected chi connectivity index (χ3v) is 2.20. The molecule has 0 aliphatic carbocycles. The van der Waals surface area contributed by atoms with Crippen molar-refractivity contribution in [1.82, 2.24) is 0 Å². The maximum Gasteiger partial charge on any atom is 0.306 e. The molecule has 0 spiro atoms. The average Bonchev–Trinajstić information content (AvgIpc) is 2.22. The Morgan fingerprint density at radius 1 is 1.06 bits per heavy atom. The molecular weight excluding hydrogens is 232 g/mol. The fourth-order valence-corrected chi connectivity index (χ4v) is 1.56. The SMILES string of the molecule is CCOC(CCCCC(=O)OC(C)(C)C)OCC. The van der Waals surface area contributed by atoms with Gasteiger partial charge in [-0.3, -0.25) is 4.79 Å². The first-order valence-corrected chi connectivity index (χ1v) is 6.84. The fourth-order valence-electron chi connectivity index (χ4n) is 1.56. The van der Waals surface area contributed by atoms with Gasteiger partial charge >= 0.3 is 5.97 Å². The third kappa shape index (κ3) is 10.5. The first-order valence-electron chi connectivity index (χ1n) is 6.84. The number of esters is 1. The van der Waals surface area contributed by atoms with Crippen molar-refractivity contribution in [3.8, 4) is 0 Å². The summed E-state index contributed by atoms with van der Waals surface area (Å²) in [6.45, 7) is 10.8. The van der Waals surface area contributed by atoms with E-state index < -0.39 is 5.60 Å². The molecule has 0 unspecified atom stereocenters. The Morgan fingerprint density at radius 2 is 1.61 bits per heavy atom. The molecule has 4 nitrogen and oxygen atoms in total. The van der Waals surface area contributed by atoms with Gasteiger partial charge in [0.05, 0.1) is 0 Å². The highest BCUT2D eigenvalue weighted by Crippen LogP contribution is 2.12. The number of unbranched alkanes of at least 4 members (excludes halogenated alkanes) is 1. The van der Waals surface area contributed by atoms with Crippen LogP contribution in [0.15, 0.2) is 0 Å².